The van der Waals surface area contributed by atoms with Gasteiger partial charge in [0, 0.05) is 17.8 Å². The van der Waals surface area contributed by atoms with E-state index < -0.39 is 16.0 Å². The summed E-state index contributed by atoms with van der Waals surface area (Å²) < 4.78 is 37.9. The molecule has 1 aliphatic rings. The van der Waals surface area contributed by atoms with Gasteiger partial charge in [0.25, 0.3) is 10.0 Å². The van der Waals surface area contributed by atoms with Crippen LogP contribution in [0.5, 0.6) is 0 Å². The van der Waals surface area contributed by atoms with Crippen LogP contribution in [0.3, 0.4) is 0 Å². The first-order valence-corrected chi connectivity index (χ1v) is 10.6. The number of methoxy groups -OCH3 is 1. The summed E-state index contributed by atoms with van der Waals surface area (Å²) in [5, 5.41) is 13.9. The van der Waals surface area contributed by atoms with Gasteiger partial charge < -0.3 is 14.8 Å². The standard InChI is InChI=1S/C18H17N3O5S2/c1-11-8-12-9-13(21-28(23,24)16-4-3-7-27-16)5-6-15(12)20-17(26-11)14(10-19)18(22)25-2/h3-7,9,11,20-21H,8H2,1-2H3/b17-14-. The van der Waals surface area contributed by atoms with Gasteiger partial charge in [0.15, 0.2) is 5.57 Å². The third-order valence-electron chi connectivity index (χ3n) is 3.92. The van der Waals surface area contributed by atoms with Crippen LogP contribution in [-0.4, -0.2) is 27.6 Å². The van der Waals surface area contributed by atoms with Gasteiger partial charge in [-0.1, -0.05) is 6.07 Å². The first kappa shape index (κ1) is 19.7. The second-order valence-electron chi connectivity index (χ2n) is 5.97. The highest BCUT2D eigenvalue weighted by Crippen LogP contribution is 2.30. The maximum absolute atomic E-state index is 12.4. The number of rotatable bonds is 4. The van der Waals surface area contributed by atoms with Crippen LogP contribution in [0.2, 0.25) is 0 Å². The summed E-state index contributed by atoms with van der Waals surface area (Å²) in [4.78, 5) is 11.8. The molecule has 28 heavy (non-hydrogen) atoms. The summed E-state index contributed by atoms with van der Waals surface area (Å²) in [5.74, 6) is -0.798. The van der Waals surface area contributed by atoms with E-state index in [1.807, 2.05) is 0 Å². The van der Waals surface area contributed by atoms with E-state index in [0.717, 1.165) is 16.9 Å². The first-order valence-electron chi connectivity index (χ1n) is 8.19. The normalized spacial score (nSPS) is 17.8. The fraction of sp³-hybridized carbons (Fsp3) is 0.222. The molecule has 0 radical (unpaired) electrons. The number of carbonyl (C=O) groups excluding carboxylic acids is 1. The summed E-state index contributed by atoms with van der Waals surface area (Å²) in [7, 11) is -2.48. The van der Waals surface area contributed by atoms with Crippen LogP contribution in [0, 0.1) is 11.3 Å². The van der Waals surface area contributed by atoms with Crippen LogP contribution >= 0.6 is 11.3 Å². The number of ether oxygens (including phenoxy) is 2. The number of hydrogen-bond donors (Lipinski definition) is 2. The quantitative estimate of drug-likeness (QED) is 0.444. The Morgan fingerprint density at radius 3 is 2.86 bits per heavy atom. The molecule has 2 heterocycles. The molecular formula is C18H17N3O5S2. The Morgan fingerprint density at radius 2 is 2.21 bits per heavy atom. The zero-order valence-corrected chi connectivity index (χ0v) is 16.7. The van der Waals surface area contributed by atoms with Crippen molar-refractivity contribution in [3.63, 3.8) is 0 Å². The average molecular weight is 419 g/mol. The molecule has 0 saturated carbocycles. The van der Waals surface area contributed by atoms with Crippen molar-refractivity contribution in [2.45, 2.75) is 23.7 Å². The van der Waals surface area contributed by atoms with E-state index >= 15 is 0 Å². The highest BCUT2D eigenvalue weighted by molar-refractivity contribution is 7.94. The van der Waals surface area contributed by atoms with E-state index in [4.69, 9.17) is 4.74 Å². The highest BCUT2D eigenvalue weighted by atomic mass is 32.2. The van der Waals surface area contributed by atoms with Crippen molar-refractivity contribution in [1.82, 2.24) is 0 Å². The average Bonchev–Trinajstić information content (AvgIpc) is 3.14. The van der Waals surface area contributed by atoms with Gasteiger partial charge in [-0.05, 0) is 42.1 Å². The Bertz CT molecular complexity index is 1070. The molecule has 0 saturated heterocycles. The molecule has 0 fully saturated rings. The lowest BCUT2D eigenvalue weighted by Crippen LogP contribution is -2.16. The Balaban J connectivity index is 1.94. The Kier molecular flexibility index (Phi) is 5.58. The van der Waals surface area contributed by atoms with Gasteiger partial charge in [-0.2, -0.15) is 5.26 Å². The maximum Gasteiger partial charge on any atom is 0.354 e. The largest absolute Gasteiger partial charge is 0.474 e. The third kappa shape index (κ3) is 4.11. The molecule has 1 aromatic heterocycles. The van der Waals surface area contributed by atoms with Crippen LogP contribution < -0.4 is 10.0 Å². The lowest BCUT2D eigenvalue weighted by Gasteiger charge is -2.14. The summed E-state index contributed by atoms with van der Waals surface area (Å²) in [6.45, 7) is 1.78. The molecule has 1 atom stereocenters. The van der Waals surface area contributed by atoms with Gasteiger partial charge in [-0.15, -0.1) is 11.3 Å². The molecule has 1 unspecified atom stereocenters. The Morgan fingerprint density at radius 1 is 1.43 bits per heavy atom. The molecule has 0 aliphatic carbocycles. The summed E-state index contributed by atoms with van der Waals surface area (Å²) in [5.41, 5.74) is 1.51. The number of nitriles is 1. The number of hydrogen-bond acceptors (Lipinski definition) is 8. The van der Waals surface area contributed by atoms with E-state index in [-0.39, 0.29) is 21.8 Å². The topological polar surface area (TPSA) is 118 Å². The number of nitrogens with one attached hydrogen (secondary N) is 2. The van der Waals surface area contributed by atoms with E-state index in [9.17, 15) is 18.5 Å². The SMILES string of the molecule is COC(=O)/C(C#N)=C1/Nc2ccc(NS(=O)(=O)c3cccs3)cc2CC(C)O1. The lowest BCUT2D eigenvalue weighted by atomic mass is 10.1. The summed E-state index contributed by atoms with van der Waals surface area (Å²) >= 11 is 1.13. The van der Waals surface area contributed by atoms with Crippen molar-refractivity contribution in [1.29, 1.82) is 5.26 Å². The number of fused-ring (bicyclic) bond motifs is 1. The van der Waals surface area contributed by atoms with Gasteiger partial charge in [0.1, 0.15) is 16.4 Å². The van der Waals surface area contributed by atoms with Crippen molar-refractivity contribution >= 4 is 38.7 Å². The molecule has 3 rings (SSSR count). The number of benzene rings is 1. The Hall–Kier alpha value is -3.03. The number of thiophene rings is 1. The smallest absolute Gasteiger partial charge is 0.354 e. The minimum atomic E-state index is -3.66. The number of carbonyl (C=O) groups is 1. The van der Waals surface area contributed by atoms with Crippen LogP contribution in [0.25, 0.3) is 0 Å². The predicted octanol–water partition coefficient (Wildman–Crippen LogP) is 2.83. The second-order valence-corrected chi connectivity index (χ2v) is 8.83. The summed E-state index contributed by atoms with van der Waals surface area (Å²) in [6, 6.07) is 9.93. The lowest BCUT2D eigenvalue weighted by molar-refractivity contribution is -0.135. The monoisotopic (exact) mass is 419 g/mol. The van der Waals surface area contributed by atoms with Crippen LogP contribution in [-0.2, 0) is 30.7 Å². The molecule has 0 bridgehead atoms. The van der Waals surface area contributed by atoms with Crippen molar-refractivity contribution in [2.24, 2.45) is 0 Å². The van der Waals surface area contributed by atoms with Crippen molar-refractivity contribution in [3.8, 4) is 6.07 Å². The van der Waals surface area contributed by atoms with Crippen molar-refractivity contribution in [3.05, 3.63) is 52.7 Å². The molecule has 2 N–H and O–H groups in total. The van der Waals surface area contributed by atoms with Gasteiger partial charge in [0.05, 0.1) is 7.11 Å². The number of esters is 1. The molecule has 146 valence electrons. The highest BCUT2D eigenvalue weighted by Gasteiger charge is 2.25. The minimum absolute atomic E-state index is 0.00696. The van der Waals surface area contributed by atoms with Crippen molar-refractivity contribution in [2.75, 3.05) is 17.1 Å². The van der Waals surface area contributed by atoms with Gasteiger partial charge >= 0.3 is 5.97 Å². The molecule has 2 aromatic rings. The van der Waals surface area contributed by atoms with E-state index in [0.29, 0.717) is 17.8 Å². The number of nitrogens with zero attached hydrogens (tertiary/aromatic N) is 1. The fourth-order valence-electron chi connectivity index (χ4n) is 2.69. The molecule has 1 aromatic carbocycles. The molecule has 8 nitrogen and oxygen atoms in total. The van der Waals surface area contributed by atoms with Gasteiger partial charge in [-0.25, -0.2) is 13.2 Å². The zero-order chi connectivity index (χ0) is 20.3. The maximum atomic E-state index is 12.4. The summed E-state index contributed by atoms with van der Waals surface area (Å²) in [6.07, 6.45) is 0.0845. The van der Waals surface area contributed by atoms with Gasteiger partial charge in [0.2, 0.25) is 5.88 Å². The second kappa shape index (κ2) is 7.92. The zero-order valence-electron chi connectivity index (χ0n) is 15.1. The molecular weight excluding hydrogens is 402 g/mol. The Labute approximate surface area is 166 Å². The molecule has 0 spiro atoms. The van der Waals surface area contributed by atoms with Crippen molar-refractivity contribution < 1.29 is 22.7 Å². The fourth-order valence-corrected chi connectivity index (χ4v) is 4.73. The van der Waals surface area contributed by atoms with Crippen LogP contribution in [0.1, 0.15) is 12.5 Å². The van der Waals surface area contributed by atoms with Crippen LogP contribution in [0.15, 0.2) is 51.4 Å². The molecule has 0 amide bonds. The number of sulfonamides is 1. The molecule has 10 heteroatoms. The van der Waals surface area contributed by atoms with Gasteiger partial charge in [-0.3, -0.25) is 4.72 Å². The van der Waals surface area contributed by atoms with E-state index in [1.54, 1.807) is 42.6 Å². The van der Waals surface area contributed by atoms with E-state index in [2.05, 4.69) is 14.8 Å². The molecule has 1 aliphatic heterocycles. The minimum Gasteiger partial charge on any atom is -0.474 e. The predicted molar refractivity (Wildman–Crippen MR) is 104 cm³/mol. The third-order valence-corrected chi connectivity index (χ3v) is 6.70. The first-order chi connectivity index (χ1) is 13.3. The van der Waals surface area contributed by atoms with Crippen LogP contribution in [0.4, 0.5) is 11.4 Å². The number of anilines is 2. The van der Waals surface area contributed by atoms with E-state index in [1.165, 1.54) is 13.2 Å².